The summed E-state index contributed by atoms with van der Waals surface area (Å²) in [5, 5.41) is 11.4. The molecule has 0 aromatic carbocycles. The van der Waals surface area contributed by atoms with Gasteiger partial charge in [0.1, 0.15) is 5.82 Å². The van der Waals surface area contributed by atoms with Crippen molar-refractivity contribution in [1.82, 2.24) is 19.9 Å². The Balaban J connectivity index is 0.00000220. The molecule has 0 fully saturated rings. The van der Waals surface area contributed by atoms with Crippen molar-refractivity contribution in [1.29, 1.82) is 0 Å². The molecule has 0 bridgehead atoms. The maximum atomic E-state index is 5.82. The molecule has 2 aromatic rings. The minimum absolute atomic E-state index is 0. The van der Waals surface area contributed by atoms with Crippen molar-refractivity contribution in [3.05, 3.63) is 30.2 Å². The number of aryl methyl sites for hydroxylation is 1. The van der Waals surface area contributed by atoms with Gasteiger partial charge in [0, 0.05) is 24.7 Å². The number of nitrogens with two attached hydrogens (primary N) is 1. The standard InChI is InChI=1S/C14H22N6.HI/c1-14(2,3)17-13(15)16-9-6-8-12-19-18-11-7-4-5-10-20(11)12;/h4-5,7,10H,6,8-9H2,1-3H3,(H3,15,16,17);1H. The van der Waals surface area contributed by atoms with E-state index in [0.29, 0.717) is 12.5 Å². The van der Waals surface area contributed by atoms with Gasteiger partial charge in [-0.2, -0.15) is 0 Å². The predicted octanol–water partition coefficient (Wildman–Crippen LogP) is 1.98. The number of pyridine rings is 1. The SMILES string of the molecule is CC(C)(C)NC(N)=NCCCc1nnc2ccccn12.I. The number of aliphatic imine (C=N–C) groups is 1. The second-order valence-corrected chi connectivity index (χ2v) is 5.79. The first-order chi connectivity index (χ1) is 9.46. The normalized spacial score (nSPS) is 12.2. The first-order valence-corrected chi connectivity index (χ1v) is 6.82. The van der Waals surface area contributed by atoms with Crippen molar-refractivity contribution < 1.29 is 0 Å². The largest absolute Gasteiger partial charge is 0.370 e. The van der Waals surface area contributed by atoms with Crippen molar-refractivity contribution in [3.8, 4) is 0 Å². The Morgan fingerprint density at radius 2 is 2.10 bits per heavy atom. The summed E-state index contributed by atoms with van der Waals surface area (Å²) in [4.78, 5) is 4.31. The molecule has 0 amide bonds. The monoisotopic (exact) mass is 402 g/mol. The van der Waals surface area contributed by atoms with Crippen molar-refractivity contribution >= 4 is 35.6 Å². The second-order valence-electron chi connectivity index (χ2n) is 5.79. The highest BCUT2D eigenvalue weighted by Crippen LogP contribution is 2.05. The molecule has 0 aliphatic heterocycles. The molecule has 3 N–H and O–H groups in total. The lowest BCUT2D eigenvalue weighted by Gasteiger charge is -2.20. The zero-order valence-electron chi connectivity index (χ0n) is 12.7. The van der Waals surface area contributed by atoms with E-state index in [-0.39, 0.29) is 29.5 Å². The van der Waals surface area contributed by atoms with Crippen LogP contribution in [0, 0.1) is 0 Å². The molecule has 0 aliphatic carbocycles. The number of nitrogens with one attached hydrogen (secondary N) is 1. The molecule has 7 heteroatoms. The molecule has 2 rings (SSSR count). The number of aromatic nitrogens is 3. The molecule has 0 aliphatic rings. The van der Waals surface area contributed by atoms with Gasteiger partial charge in [-0.1, -0.05) is 6.07 Å². The Labute approximate surface area is 142 Å². The Hall–Kier alpha value is -1.38. The summed E-state index contributed by atoms with van der Waals surface area (Å²) in [6.07, 6.45) is 3.70. The fourth-order valence-electron chi connectivity index (χ4n) is 1.92. The zero-order chi connectivity index (χ0) is 14.6. The molecule has 0 spiro atoms. The Kier molecular flexibility index (Phi) is 6.38. The molecule has 0 unspecified atom stereocenters. The van der Waals surface area contributed by atoms with Crippen LogP contribution in [0.3, 0.4) is 0 Å². The highest BCUT2D eigenvalue weighted by Gasteiger charge is 2.09. The van der Waals surface area contributed by atoms with E-state index >= 15 is 0 Å². The quantitative estimate of drug-likeness (QED) is 0.355. The van der Waals surface area contributed by atoms with E-state index in [0.717, 1.165) is 24.3 Å². The summed E-state index contributed by atoms with van der Waals surface area (Å²) >= 11 is 0. The third-order valence-electron chi connectivity index (χ3n) is 2.73. The summed E-state index contributed by atoms with van der Waals surface area (Å²) in [5.74, 6) is 1.45. The minimum atomic E-state index is -0.0587. The van der Waals surface area contributed by atoms with Gasteiger partial charge in [-0.05, 0) is 39.3 Å². The van der Waals surface area contributed by atoms with Gasteiger partial charge >= 0.3 is 0 Å². The van der Waals surface area contributed by atoms with Crippen LogP contribution in [0.1, 0.15) is 33.0 Å². The van der Waals surface area contributed by atoms with Gasteiger partial charge in [-0.15, -0.1) is 34.2 Å². The molecule has 0 saturated heterocycles. The van der Waals surface area contributed by atoms with Crippen molar-refractivity contribution in [2.45, 2.75) is 39.2 Å². The Morgan fingerprint density at radius 3 is 2.81 bits per heavy atom. The number of halogens is 1. The van der Waals surface area contributed by atoms with Gasteiger partial charge < -0.3 is 11.1 Å². The van der Waals surface area contributed by atoms with Gasteiger partial charge in [0.05, 0.1) is 0 Å². The average molecular weight is 402 g/mol. The maximum Gasteiger partial charge on any atom is 0.188 e. The van der Waals surface area contributed by atoms with Crippen molar-refractivity contribution in [2.75, 3.05) is 6.54 Å². The number of hydrogen-bond acceptors (Lipinski definition) is 3. The number of fused-ring (bicyclic) bond motifs is 1. The fourth-order valence-corrected chi connectivity index (χ4v) is 1.92. The van der Waals surface area contributed by atoms with Crippen LogP contribution < -0.4 is 11.1 Å². The highest BCUT2D eigenvalue weighted by molar-refractivity contribution is 14.0. The fraction of sp³-hybridized carbons (Fsp3) is 0.500. The van der Waals surface area contributed by atoms with Crippen molar-refractivity contribution in [3.63, 3.8) is 0 Å². The van der Waals surface area contributed by atoms with E-state index in [1.54, 1.807) is 0 Å². The van der Waals surface area contributed by atoms with Gasteiger partial charge in [0.25, 0.3) is 0 Å². The van der Waals surface area contributed by atoms with Crippen LogP contribution in [0.2, 0.25) is 0 Å². The summed E-state index contributed by atoms with van der Waals surface area (Å²) in [6, 6.07) is 5.88. The lowest BCUT2D eigenvalue weighted by atomic mass is 10.1. The number of nitrogens with zero attached hydrogens (tertiary/aromatic N) is 4. The predicted molar refractivity (Wildman–Crippen MR) is 96.1 cm³/mol. The van der Waals surface area contributed by atoms with Crippen LogP contribution in [0.4, 0.5) is 0 Å². The zero-order valence-corrected chi connectivity index (χ0v) is 15.0. The van der Waals surface area contributed by atoms with E-state index in [2.05, 4.69) is 41.3 Å². The summed E-state index contributed by atoms with van der Waals surface area (Å²) in [7, 11) is 0. The molecule has 116 valence electrons. The van der Waals surface area contributed by atoms with E-state index < -0.39 is 0 Å². The lowest BCUT2D eigenvalue weighted by Crippen LogP contribution is -2.45. The summed E-state index contributed by atoms with van der Waals surface area (Å²) in [5.41, 5.74) is 6.63. The first kappa shape index (κ1) is 17.7. The lowest BCUT2D eigenvalue weighted by molar-refractivity contribution is 0.508. The summed E-state index contributed by atoms with van der Waals surface area (Å²) in [6.45, 7) is 6.84. The molecule has 6 nitrogen and oxygen atoms in total. The average Bonchev–Trinajstić information content (AvgIpc) is 2.76. The molecule has 21 heavy (non-hydrogen) atoms. The smallest absolute Gasteiger partial charge is 0.188 e. The third kappa shape index (κ3) is 5.49. The van der Waals surface area contributed by atoms with Crippen LogP contribution >= 0.6 is 24.0 Å². The van der Waals surface area contributed by atoms with Gasteiger partial charge in [0.2, 0.25) is 0 Å². The van der Waals surface area contributed by atoms with Crippen LogP contribution in [-0.2, 0) is 6.42 Å². The van der Waals surface area contributed by atoms with Crippen LogP contribution in [0.5, 0.6) is 0 Å². The minimum Gasteiger partial charge on any atom is -0.370 e. The van der Waals surface area contributed by atoms with Crippen LogP contribution in [0.25, 0.3) is 5.65 Å². The molecule has 2 heterocycles. The highest BCUT2D eigenvalue weighted by atomic mass is 127. The van der Waals surface area contributed by atoms with Crippen LogP contribution in [0.15, 0.2) is 29.4 Å². The Bertz CT molecular complexity index is 599. The maximum absolute atomic E-state index is 5.82. The first-order valence-electron chi connectivity index (χ1n) is 6.82. The molecule has 0 saturated carbocycles. The molecule has 2 aromatic heterocycles. The van der Waals surface area contributed by atoms with Crippen LogP contribution in [-0.4, -0.2) is 32.6 Å². The number of hydrogen-bond donors (Lipinski definition) is 2. The van der Waals surface area contributed by atoms with E-state index in [1.165, 1.54) is 0 Å². The molecular formula is C14H23IN6. The van der Waals surface area contributed by atoms with Crippen molar-refractivity contribution in [2.24, 2.45) is 10.7 Å². The molecule has 0 radical (unpaired) electrons. The molecule has 0 atom stereocenters. The third-order valence-corrected chi connectivity index (χ3v) is 2.73. The van der Waals surface area contributed by atoms with Gasteiger partial charge in [-0.3, -0.25) is 9.39 Å². The number of rotatable bonds is 4. The van der Waals surface area contributed by atoms with E-state index in [1.807, 2.05) is 28.8 Å². The van der Waals surface area contributed by atoms with Gasteiger partial charge in [0.15, 0.2) is 11.6 Å². The number of guanidine groups is 1. The van der Waals surface area contributed by atoms with Gasteiger partial charge in [-0.25, -0.2) is 0 Å². The topological polar surface area (TPSA) is 80.6 Å². The Morgan fingerprint density at radius 1 is 1.33 bits per heavy atom. The van der Waals surface area contributed by atoms with E-state index in [4.69, 9.17) is 5.73 Å². The van der Waals surface area contributed by atoms with E-state index in [9.17, 15) is 0 Å². The second kappa shape index (κ2) is 7.58. The molecular weight excluding hydrogens is 379 g/mol. The summed E-state index contributed by atoms with van der Waals surface area (Å²) < 4.78 is 2.00.